The van der Waals surface area contributed by atoms with Crippen LogP contribution in [-0.4, -0.2) is 60.4 Å². The van der Waals surface area contributed by atoms with E-state index in [2.05, 4.69) is 20.8 Å². The highest BCUT2D eigenvalue weighted by molar-refractivity contribution is 7.13. The van der Waals surface area contributed by atoms with Crippen LogP contribution in [-0.2, 0) is 4.74 Å². The van der Waals surface area contributed by atoms with Crippen molar-refractivity contribution in [1.29, 1.82) is 0 Å². The number of rotatable bonds is 7. The second-order valence-electron chi connectivity index (χ2n) is 7.11. The summed E-state index contributed by atoms with van der Waals surface area (Å²) in [5.41, 5.74) is 1.87. The molecular formula is C20H27N5O3S. The minimum atomic E-state index is -0.245. The second-order valence-corrected chi connectivity index (χ2v) is 8.11. The first kappa shape index (κ1) is 21.2. The number of likely N-dealkylation sites (tertiary alicyclic amines) is 1. The molecule has 0 unspecified atom stereocenters. The van der Waals surface area contributed by atoms with Crippen LogP contribution in [0.1, 0.15) is 45.6 Å². The van der Waals surface area contributed by atoms with E-state index in [4.69, 9.17) is 4.74 Å². The zero-order chi connectivity index (χ0) is 20.6. The number of nitrogens with zero attached hydrogens (tertiary/aromatic N) is 3. The van der Waals surface area contributed by atoms with Crippen LogP contribution in [0.15, 0.2) is 24.3 Å². The zero-order valence-electron chi connectivity index (χ0n) is 16.8. The van der Waals surface area contributed by atoms with Gasteiger partial charge in [-0.2, -0.15) is 0 Å². The normalized spacial score (nSPS) is 14.6. The molecule has 3 amide bonds. The van der Waals surface area contributed by atoms with Crippen molar-refractivity contribution < 1.29 is 14.3 Å². The van der Waals surface area contributed by atoms with Crippen LogP contribution >= 0.6 is 11.3 Å². The summed E-state index contributed by atoms with van der Waals surface area (Å²) < 4.78 is 4.98. The van der Waals surface area contributed by atoms with E-state index in [0.717, 1.165) is 35.5 Å². The SMILES string of the molecule is COCCCNC(=O)N1CCC(c2nnc(C(=O)Nc3ccc(C)cc3)s2)CC1. The number of anilines is 1. The molecule has 0 bridgehead atoms. The number of methoxy groups -OCH3 is 1. The fourth-order valence-corrected chi connectivity index (χ4v) is 4.07. The van der Waals surface area contributed by atoms with Gasteiger partial charge in [0, 0.05) is 45.0 Å². The Balaban J connectivity index is 1.48. The lowest BCUT2D eigenvalue weighted by atomic mass is 9.98. The lowest BCUT2D eigenvalue weighted by Crippen LogP contribution is -2.44. The van der Waals surface area contributed by atoms with Crippen LogP contribution in [0.3, 0.4) is 0 Å². The molecule has 9 heteroatoms. The maximum Gasteiger partial charge on any atom is 0.317 e. The number of nitrogens with one attached hydrogen (secondary N) is 2. The van der Waals surface area contributed by atoms with Crippen molar-refractivity contribution in [2.24, 2.45) is 0 Å². The first-order valence-electron chi connectivity index (χ1n) is 9.80. The van der Waals surface area contributed by atoms with Crippen molar-refractivity contribution in [1.82, 2.24) is 20.4 Å². The molecule has 156 valence electrons. The molecule has 0 aliphatic carbocycles. The molecule has 1 aromatic carbocycles. The molecular weight excluding hydrogens is 390 g/mol. The third-order valence-corrected chi connectivity index (χ3v) is 5.96. The molecule has 1 saturated heterocycles. The van der Waals surface area contributed by atoms with E-state index in [1.165, 1.54) is 11.3 Å². The van der Waals surface area contributed by atoms with Crippen LogP contribution < -0.4 is 10.6 Å². The molecule has 2 heterocycles. The van der Waals surface area contributed by atoms with Crippen molar-refractivity contribution in [3.63, 3.8) is 0 Å². The molecule has 0 radical (unpaired) electrons. The van der Waals surface area contributed by atoms with Crippen LogP contribution in [0.2, 0.25) is 0 Å². The quantitative estimate of drug-likeness (QED) is 0.675. The fourth-order valence-electron chi connectivity index (χ4n) is 3.17. The summed E-state index contributed by atoms with van der Waals surface area (Å²) in [6.07, 6.45) is 2.44. The summed E-state index contributed by atoms with van der Waals surface area (Å²) >= 11 is 1.33. The highest BCUT2D eigenvalue weighted by Gasteiger charge is 2.27. The number of aryl methyl sites for hydroxylation is 1. The van der Waals surface area contributed by atoms with Crippen LogP contribution in [0.5, 0.6) is 0 Å². The van der Waals surface area contributed by atoms with Gasteiger partial charge in [-0.1, -0.05) is 29.0 Å². The van der Waals surface area contributed by atoms with Crippen molar-refractivity contribution in [3.8, 4) is 0 Å². The van der Waals surface area contributed by atoms with Gasteiger partial charge < -0.3 is 20.3 Å². The minimum Gasteiger partial charge on any atom is -0.385 e. The van der Waals surface area contributed by atoms with Gasteiger partial charge in [0.25, 0.3) is 5.91 Å². The Bertz CT molecular complexity index is 816. The minimum absolute atomic E-state index is 0.0324. The highest BCUT2D eigenvalue weighted by Crippen LogP contribution is 2.30. The second kappa shape index (κ2) is 10.3. The molecule has 1 aromatic heterocycles. The topological polar surface area (TPSA) is 96.4 Å². The number of hydrogen-bond donors (Lipinski definition) is 2. The van der Waals surface area contributed by atoms with Gasteiger partial charge in [0.05, 0.1) is 0 Å². The van der Waals surface area contributed by atoms with Crippen LogP contribution in [0.4, 0.5) is 10.5 Å². The average Bonchev–Trinajstić information content (AvgIpc) is 3.23. The number of benzene rings is 1. The van der Waals surface area contributed by atoms with E-state index >= 15 is 0 Å². The smallest absolute Gasteiger partial charge is 0.317 e. The van der Waals surface area contributed by atoms with Gasteiger partial charge in [-0.3, -0.25) is 4.79 Å². The Morgan fingerprint density at radius 3 is 2.62 bits per heavy atom. The molecule has 8 nitrogen and oxygen atoms in total. The summed E-state index contributed by atoms with van der Waals surface area (Å²) in [6.45, 7) is 4.59. The van der Waals surface area contributed by atoms with Crippen molar-refractivity contribution in [3.05, 3.63) is 39.8 Å². The average molecular weight is 418 g/mol. The predicted molar refractivity (Wildman–Crippen MR) is 112 cm³/mol. The molecule has 2 N–H and O–H groups in total. The third kappa shape index (κ3) is 5.98. The number of carbonyl (C=O) groups is 2. The van der Waals surface area contributed by atoms with Gasteiger partial charge in [-0.05, 0) is 38.3 Å². The maximum absolute atomic E-state index is 12.4. The summed E-state index contributed by atoms with van der Waals surface area (Å²) in [6, 6.07) is 7.59. The predicted octanol–water partition coefficient (Wildman–Crippen LogP) is 3.02. The number of hydrogen-bond acceptors (Lipinski definition) is 6. The molecule has 29 heavy (non-hydrogen) atoms. The van der Waals surface area contributed by atoms with Gasteiger partial charge in [0.1, 0.15) is 5.01 Å². The standard InChI is InChI=1S/C20H27N5O3S/c1-14-4-6-16(7-5-14)22-17(26)19-24-23-18(29-19)15-8-11-25(12-9-15)20(27)21-10-3-13-28-2/h4-7,15H,3,8-13H2,1-2H3,(H,21,27)(H,22,26). The first-order valence-corrected chi connectivity index (χ1v) is 10.6. The van der Waals surface area contributed by atoms with Gasteiger partial charge in [-0.15, -0.1) is 10.2 Å². The molecule has 1 aliphatic rings. The summed E-state index contributed by atoms with van der Waals surface area (Å²) in [5, 5.41) is 15.3. The number of urea groups is 1. The van der Waals surface area contributed by atoms with E-state index in [1.807, 2.05) is 36.1 Å². The molecule has 0 atom stereocenters. The van der Waals surface area contributed by atoms with Gasteiger partial charge >= 0.3 is 6.03 Å². The van der Waals surface area contributed by atoms with Gasteiger partial charge in [0.15, 0.2) is 0 Å². The van der Waals surface area contributed by atoms with Crippen LogP contribution in [0.25, 0.3) is 0 Å². The largest absolute Gasteiger partial charge is 0.385 e. The molecule has 0 spiro atoms. The number of ether oxygens (including phenoxy) is 1. The lowest BCUT2D eigenvalue weighted by molar-refractivity contribution is 0.102. The Morgan fingerprint density at radius 1 is 1.21 bits per heavy atom. The lowest BCUT2D eigenvalue weighted by Gasteiger charge is -2.30. The van der Waals surface area contributed by atoms with Crippen molar-refractivity contribution >= 4 is 29.0 Å². The number of piperidine rings is 1. The Labute approximate surface area is 174 Å². The maximum atomic E-state index is 12.4. The third-order valence-electron chi connectivity index (χ3n) is 4.88. The van der Waals surface area contributed by atoms with E-state index < -0.39 is 0 Å². The van der Waals surface area contributed by atoms with E-state index in [1.54, 1.807) is 7.11 Å². The molecule has 2 aromatic rings. The van der Waals surface area contributed by atoms with Crippen LogP contribution in [0, 0.1) is 6.92 Å². The zero-order valence-corrected chi connectivity index (χ0v) is 17.6. The number of amides is 3. The molecule has 1 fully saturated rings. The molecule has 3 rings (SSSR count). The number of carbonyl (C=O) groups excluding carboxylic acids is 2. The Hall–Kier alpha value is -2.52. The van der Waals surface area contributed by atoms with E-state index in [9.17, 15) is 9.59 Å². The molecule has 0 saturated carbocycles. The van der Waals surface area contributed by atoms with Gasteiger partial charge in [-0.25, -0.2) is 4.79 Å². The van der Waals surface area contributed by atoms with E-state index in [0.29, 0.717) is 31.2 Å². The number of aromatic nitrogens is 2. The summed E-state index contributed by atoms with van der Waals surface area (Å²) in [4.78, 5) is 26.4. The van der Waals surface area contributed by atoms with Crippen molar-refractivity contribution in [2.75, 3.05) is 38.7 Å². The highest BCUT2D eigenvalue weighted by atomic mass is 32.1. The first-order chi connectivity index (χ1) is 14.1. The van der Waals surface area contributed by atoms with Crippen molar-refractivity contribution in [2.45, 2.75) is 32.1 Å². The Kier molecular flexibility index (Phi) is 7.54. The fraction of sp³-hybridized carbons (Fsp3) is 0.500. The molecule has 1 aliphatic heterocycles. The van der Waals surface area contributed by atoms with Gasteiger partial charge in [0.2, 0.25) is 5.01 Å². The monoisotopic (exact) mass is 417 g/mol. The Morgan fingerprint density at radius 2 is 1.93 bits per heavy atom. The van der Waals surface area contributed by atoms with E-state index in [-0.39, 0.29) is 17.9 Å². The summed E-state index contributed by atoms with van der Waals surface area (Å²) in [5.74, 6) is -0.0172. The summed E-state index contributed by atoms with van der Waals surface area (Å²) in [7, 11) is 1.65.